The van der Waals surface area contributed by atoms with Crippen LogP contribution in [0.4, 0.5) is 0 Å². The first-order valence-corrected chi connectivity index (χ1v) is 3.30. The van der Waals surface area contributed by atoms with E-state index in [2.05, 4.69) is 16.0 Å². The molecule has 0 aliphatic rings. The molecular weight excluding hydrogens is 133 g/mol. The number of likely N-dealkylation sites (N-methyl/N-ethyl adjacent to an activating group) is 1. The van der Waals surface area contributed by atoms with Crippen LogP contribution in [-0.2, 0) is 4.74 Å². The Bertz CT molecular complexity index is 93.1. The molecule has 0 aromatic rings. The third-order valence-electron chi connectivity index (χ3n) is 0.821. The summed E-state index contributed by atoms with van der Waals surface area (Å²) in [6.07, 6.45) is 0. The fourth-order valence-electron chi connectivity index (χ4n) is 0.602. The number of hydrogen-bond donors (Lipinski definition) is 0. The highest BCUT2D eigenvalue weighted by atomic mass is 31.0. The van der Waals surface area contributed by atoms with E-state index in [0.717, 1.165) is 12.1 Å². The summed E-state index contributed by atoms with van der Waals surface area (Å²) in [5.74, 6) is 0. The van der Waals surface area contributed by atoms with Gasteiger partial charge in [0.15, 0.2) is 0 Å². The lowest BCUT2D eigenvalue weighted by Gasteiger charge is -2.10. The van der Waals surface area contributed by atoms with E-state index >= 15 is 0 Å². The van der Waals surface area contributed by atoms with Gasteiger partial charge in [0.25, 0.3) is 0 Å². The summed E-state index contributed by atoms with van der Waals surface area (Å²) in [6.45, 7) is 5.33. The Morgan fingerprint density at radius 1 is 1.78 bits per heavy atom. The van der Waals surface area contributed by atoms with E-state index < -0.39 is 0 Å². The van der Waals surface area contributed by atoms with Crippen molar-refractivity contribution in [3.8, 4) is 0 Å². The minimum absolute atomic E-state index is 0.652. The Labute approximate surface area is 59.1 Å². The molecule has 0 spiro atoms. The van der Waals surface area contributed by atoms with Crippen LogP contribution in [0.2, 0.25) is 0 Å². The first kappa shape index (κ1) is 9.09. The van der Waals surface area contributed by atoms with Crippen LogP contribution in [0.3, 0.4) is 0 Å². The maximum absolute atomic E-state index is 4.87. The van der Waals surface area contributed by atoms with E-state index in [1.165, 1.54) is 0 Å². The van der Waals surface area contributed by atoms with Gasteiger partial charge < -0.3 is 4.74 Å². The molecule has 0 aliphatic carbocycles. The van der Waals surface area contributed by atoms with E-state index in [-0.39, 0.29) is 0 Å². The van der Waals surface area contributed by atoms with Crippen LogP contribution in [0.25, 0.3) is 0 Å². The van der Waals surface area contributed by atoms with Gasteiger partial charge in [-0.2, -0.15) is 0 Å². The Hall–Kier alpha value is 0.0900. The van der Waals surface area contributed by atoms with Crippen molar-refractivity contribution in [1.82, 2.24) is 4.67 Å². The largest absolute Gasteiger partial charge is 0.380 e. The van der Waals surface area contributed by atoms with Crippen LogP contribution in [0.15, 0.2) is 12.2 Å². The van der Waals surface area contributed by atoms with Crippen LogP contribution in [0, 0.1) is 0 Å². The number of rotatable bonds is 4. The van der Waals surface area contributed by atoms with Crippen molar-refractivity contribution in [1.29, 1.82) is 0 Å². The highest BCUT2D eigenvalue weighted by Crippen LogP contribution is 1.98. The molecule has 0 saturated heterocycles. The fraction of sp³-hybridized carbons (Fsp3) is 0.667. The van der Waals surface area contributed by atoms with Gasteiger partial charge in [0.2, 0.25) is 0 Å². The second-order valence-electron chi connectivity index (χ2n) is 2.10. The van der Waals surface area contributed by atoms with E-state index in [0.29, 0.717) is 6.61 Å². The molecule has 1 atom stereocenters. The molecule has 9 heavy (non-hydrogen) atoms. The van der Waals surface area contributed by atoms with Crippen molar-refractivity contribution >= 4 is 9.39 Å². The minimum atomic E-state index is 0.652. The van der Waals surface area contributed by atoms with Crippen LogP contribution < -0.4 is 0 Å². The zero-order chi connectivity index (χ0) is 7.28. The van der Waals surface area contributed by atoms with Crippen LogP contribution >= 0.6 is 9.39 Å². The molecular formula is C6H14NOP. The van der Waals surface area contributed by atoms with Gasteiger partial charge in [-0.25, -0.2) is 0 Å². The lowest BCUT2D eigenvalue weighted by atomic mass is 10.3. The highest BCUT2D eigenvalue weighted by Gasteiger charge is 1.93. The molecule has 54 valence electrons. The molecule has 0 fully saturated rings. The van der Waals surface area contributed by atoms with Gasteiger partial charge in [-0.15, -0.1) is 0 Å². The van der Waals surface area contributed by atoms with E-state index in [4.69, 9.17) is 4.74 Å². The van der Waals surface area contributed by atoms with Crippen molar-refractivity contribution < 1.29 is 4.74 Å². The summed E-state index contributed by atoms with van der Waals surface area (Å²) in [5, 5.41) is 0. The maximum Gasteiger partial charge on any atom is 0.0682 e. The first-order valence-electron chi connectivity index (χ1n) is 2.78. The summed E-state index contributed by atoms with van der Waals surface area (Å²) in [4.78, 5) is 0. The minimum Gasteiger partial charge on any atom is -0.380 e. The van der Waals surface area contributed by atoms with E-state index in [9.17, 15) is 0 Å². The molecule has 1 unspecified atom stereocenters. The molecule has 0 bridgehead atoms. The molecule has 0 saturated carbocycles. The summed E-state index contributed by atoms with van der Waals surface area (Å²) < 4.78 is 6.86. The molecule has 0 aliphatic heterocycles. The van der Waals surface area contributed by atoms with Crippen molar-refractivity contribution in [2.24, 2.45) is 0 Å². The van der Waals surface area contributed by atoms with Gasteiger partial charge in [-0.1, -0.05) is 16.0 Å². The average molecular weight is 147 g/mol. The van der Waals surface area contributed by atoms with Gasteiger partial charge in [0.1, 0.15) is 0 Å². The third-order valence-corrected chi connectivity index (χ3v) is 1.00. The Balaban J connectivity index is 3.27. The van der Waals surface area contributed by atoms with Crippen molar-refractivity contribution in [2.45, 2.75) is 0 Å². The molecule has 0 rings (SSSR count). The molecule has 0 heterocycles. The summed E-state index contributed by atoms with van der Waals surface area (Å²) >= 11 is 0. The molecule has 0 amide bonds. The molecule has 2 nitrogen and oxygen atoms in total. The lowest BCUT2D eigenvalue weighted by molar-refractivity contribution is 0.222. The topological polar surface area (TPSA) is 12.5 Å². The molecule has 0 N–H and O–H groups in total. The van der Waals surface area contributed by atoms with Crippen LogP contribution in [0.5, 0.6) is 0 Å². The lowest BCUT2D eigenvalue weighted by Crippen LogP contribution is -2.10. The number of hydrogen-bond acceptors (Lipinski definition) is 2. The Morgan fingerprint density at radius 2 is 2.33 bits per heavy atom. The summed E-state index contributed by atoms with van der Waals surface area (Å²) in [6, 6.07) is 0. The van der Waals surface area contributed by atoms with Crippen molar-refractivity contribution in [2.75, 3.05) is 27.3 Å². The van der Waals surface area contributed by atoms with Crippen molar-refractivity contribution in [3.63, 3.8) is 0 Å². The third kappa shape index (κ3) is 5.97. The summed E-state index contributed by atoms with van der Waals surface area (Å²) in [5.41, 5.74) is 1.09. The van der Waals surface area contributed by atoms with E-state index in [1.54, 1.807) is 7.11 Å². The first-order chi connectivity index (χ1) is 4.16. The zero-order valence-electron chi connectivity index (χ0n) is 6.05. The van der Waals surface area contributed by atoms with Gasteiger partial charge in [-0.05, 0) is 12.6 Å². The molecule has 0 aromatic carbocycles. The number of methoxy groups -OCH3 is 1. The standard InChI is InChI=1S/C6H14NOP/c1-6(5-8-3)4-7(2)9/h1,4-5,9H2,2-3H3. The highest BCUT2D eigenvalue weighted by molar-refractivity contribution is 7.13. The van der Waals surface area contributed by atoms with Crippen LogP contribution in [-0.4, -0.2) is 32.0 Å². The van der Waals surface area contributed by atoms with Gasteiger partial charge in [-0.3, -0.25) is 4.67 Å². The van der Waals surface area contributed by atoms with Gasteiger partial charge in [0, 0.05) is 13.7 Å². The predicted octanol–water partition coefficient (Wildman–Crippen LogP) is 0.911. The number of nitrogens with zero attached hydrogens (tertiary/aromatic N) is 1. The Morgan fingerprint density at radius 3 is 2.67 bits per heavy atom. The van der Waals surface area contributed by atoms with Crippen LogP contribution in [0.1, 0.15) is 0 Å². The fourth-order valence-corrected chi connectivity index (χ4v) is 0.861. The normalized spacial score (nSPS) is 10.2. The molecule has 0 aromatic heterocycles. The monoisotopic (exact) mass is 147 g/mol. The van der Waals surface area contributed by atoms with Gasteiger partial charge >= 0.3 is 0 Å². The number of ether oxygens (including phenoxy) is 1. The molecule has 3 heteroatoms. The maximum atomic E-state index is 4.87. The SMILES string of the molecule is C=C(COC)CN(C)P. The second-order valence-corrected chi connectivity index (χ2v) is 2.98. The second kappa shape index (κ2) is 4.92. The quantitative estimate of drug-likeness (QED) is 0.433. The smallest absolute Gasteiger partial charge is 0.0682 e. The predicted molar refractivity (Wildman–Crippen MR) is 43.4 cm³/mol. The molecule has 0 radical (unpaired) electrons. The zero-order valence-corrected chi connectivity index (χ0v) is 7.21. The van der Waals surface area contributed by atoms with E-state index in [1.807, 2.05) is 11.7 Å². The van der Waals surface area contributed by atoms with Crippen molar-refractivity contribution in [3.05, 3.63) is 12.2 Å². The van der Waals surface area contributed by atoms with Gasteiger partial charge in [0.05, 0.1) is 6.61 Å². The summed E-state index contributed by atoms with van der Waals surface area (Å²) in [7, 11) is 6.22. The average Bonchev–Trinajstić information content (AvgIpc) is 1.63. The Kier molecular flexibility index (Phi) is 4.97.